The lowest BCUT2D eigenvalue weighted by Gasteiger charge is -2.01. The van der Waals surface area contributed by atoms with Gasteiger partial charge in [0, 0.05) is 11.6 Å². The number of sulfone groups is 1. The van der Waals surface area contributed by atoms with Crippen LogP contribution in [0.3, 0.4) is 0 Å². The summed E-state index contributed by atoms with van der Waals surface area (Å²) in [4.78, 5) is 7.62. The zero-order chi connectivity index (χ0) is 13.9. The lowest BCUT2D eigenvalue weighted by Crippen LogP contribution is -1.97. The Bertz CT molecular complexity index is 730. The van der Waals surface area contributed by atoms with E-state index in [0.29, 0.717) is 5.69 Å². The minimum absolute atomic E-state index is 0.0491. The van der Waals surface area contributed by atoms with E-state index in [1.165, 1.54) is 24.4 Å². The summed E-state index contributed by atoms with van der Waals surface area (Å²) < 4.78 is 24.1. The molecule has 19 heavy (non-hydrogen) atoms. The van der Waals surface area contributed by atoms with Crippen molar-refractivity contribution < 1.29 is 8.42 Å². The fourth-order valence-electron chi connectivity index (χ4n) is 1.35. The molecule has 2 rings (SSSR count). The van der Waals surface area contributed by atoms with Crippen LogP contribution < -0.4 is 0 Å². The molecule has 0 saturated carbocycles. The monoisotopic (exact) mass is 314 g/mol. The molecular weight excluding hydrogens is 307 g/mol. The first-order valence-corrected chi connectivity index (χ1v) is 7.45. The second-order valence-corrected chi connectivity index (χ2v) is 6.08. The van der Waals surface area contributed by atoms with Crippen LogP contribution in [0.1, 0.15) is 5.69 Å². The molecule has 0 radical (unpaired) electrons. The van der Waals surface area contributed by atoms with E-state index in [0.717, 1.165) is 5.41 Å². The second-order valence-electron chi connectivity index (χ2n) is 3.53. The standard InChI is InChI=1S/C12H8Cl2N2O2S/c13-10-3-1-2-4-11(10)19(17,18)8-6-9-5-7-15-12(14)16-9/h1-8H/b8-6+. The average molecular weight is 315 g/mol. The molecule has 0 amide bonds. The SMILES string of the molecule is O=S(=O)(/C=C/c1ccnc(Cl)n1)c1ccccc1Cl. The molecule has 0 fully saturated rings. The Kier molecular flexibility index (Phi) is 4.19. The van der Waals surface area contributed by atoms with Crippen LogP contribution in [0.25, 0.3) is 6.08 Å². The second kappa shape index (κ2) is 5.69. The third kappa shape index (κ3) is 3.53. The van der Waals surface area contributed by atoms with Crippen molar-refractivity contribution in [1.29, 1.82) is 0 Å². The number of hydrogen-bond acceptors (Lipinski definition) is 4. The van der Waals surface area contributed by atoms with Crippen LogP contribution in [0.15, 0.2) is 46.8 Å². The first-order chi connectivity index (χ1) is 8.99. The summed E-state index contributed by atoms with van der Waals surface area (Å²) in [7, 11) is -3.62. The Balaban J connectivity index is 2.35. The predicted octanol–water partition coefficient (Wildman–Crippen LogP) is 3.23. The highest BCUT2D eigenvalue weighted by molar-refractivity contribution is 7.94. The summed E-state index contributed by atoms with van der Waals surface area (Å²) in [5.41, 5.74) is 0.399. The first-order valence-electron chi connectivity index (χ1n) is 5.15. The normalized spacial score (nSPS) is 11.9. The molecule has 0 aliphatic heterocycles. The Labute approximate surface area is 120 Å². The van der Waals surface area contributed by atoms with Crippen molar-refractivity contribution in [3.8, 4) is 0 Å². The quantitative estimate of drug-likeness (QED) is 0.816. The molecule has 4 nitrogen and oxygen atoms in total. The van der Waals surface area contributed by atoms with Gasteiger partial charge in [0.2, 0.25) is 15.1 Å². The van der Waals surface area contributed by atoms with Gasteiger partial charge in [-0.25, -0.2) is 18.4 Å². The number of benzene rings is 1. The molecule has 0 atom stereocenters. The molecule has 0 aliphatic carbocycles. The van der Waals surface area contributed by atoms with Gasteiger partial charge < -0.3 is 0 Å². The molecule has 0 unspecified atom stereocenters. The van der Waals surface area contributed by atoms with E-state index in [1.807, 2.05) is 0 Å². The fraction of sp³-hybridized carbons (Fsp3) is 0. The molecule has 7 heteroatoms. The first kappa shape index (κ1) is 14.0. The molecule has 98 valence electrons. The van der Waals surface area contributed by atoms with Gasteiger partial charge in [-0.1, -0.05) is 23.7 Å². The largest absolute Gasteiger partial charge is 0.226 e. The maximum Gasteiger partial charge on any atom is 0.222 e. The maximum absolute atomic E-state index is 12.1. The Morgan fingerprint density at radius 3 is 2.53 bits per heavy atom. The van der Waals surface area contributed by atoms with Gasteiger partial charge in [0.05, 0.1) is 15.6 Å². The summed E-state index contributed by atoms with van der Waals surface area (Å²) in [5, 5.41) is 1.26. The van der Waals surface area contributed by atoms with E-state index in [1.54, 1.807) is 18.2 Å². The van der Waals surface area contributed by atoms with Gasteiger partial charge in [0.25, 0.3) is 0 Å². The van der Waals surface area contributed by atoms with Crippen LogP contribution >= 0.6 is 23.2 Å². The van der Waals surface area contributed by atoms with Crippen LogP contribution in [-0.2, 0) is 9.84 Å². The summed E-state index contributed by atoms with van der Waals surface area (Å²) in [5.74, 6) is 0. The van der Waals surface area contributed by atoms with Gasteiger partial charge in [-0.05, 0) is 35.9 Å². The Morgan fingerprint density at radius 2 is 1.84 bits per heavy atom. The summed E-state index contributed by atoms with van der Waals surface area (Å²) in [6.07, 6.45) is 2.78. The molecular formula is C12H8Cl2N2O2S. The topological polar surface area (TPSA) is 59.9 Å². The highest BCUT2D eigenvalue weighted by Gasteiger charge is 2.13. The van der Waals surface area contributed by atoms with Crippen molar-refractivity contribution in [2.24, 2.45) is 0 Å². The zero-order valence-electron chi connectivity index (χ0n) is 9.49. The number of aromatic nitrogens is 2. The van der Waals surface area contributed by atoms with Gasteiger partial charge in [-0.2, -0.15) is 0 Å². The lowest BCUT2D eigenvalue weighted by atomic mass is 10.4. The number of hydrogen-bond donors (Lipinski definition) is 0. The van der Waals surface area contributed by atoms with E-state index < -0.39 is 9.84 Å². The van der Waals surface area contributed by atoms with Crippen LogP contribution in [-0.4, -0.2) is 18.4 Å². The summed E-state index contributed by atoms with van der Waals surface area (Å²) in [6.45, 7) is 0. The van der Waals surface area contributed by atoms with Gasteiger partial charge in [-0.15, -0.1) is 0 Å². The molecule has 1 aromatic carbocycles. The molecule has 0 bridgehead atoms. The van der Waals surface area contributed by atoms with Crippen molar-refractivity contribution in [1.82, 2.24) is 9.97 Å². The molecule has 0 saturated heterocycles. The van der Waals surface area contributed by atoms with Gasteiger partial charge in [0.1, 0.15) is 0 Å². The molecule has 2 aromatic rings. The predicted molar refractivity (Wildman–Crippen MR) is 74.7 cm³/mol. The Morgan fingerprint density at radius 1 is 1.11 bits per heavy atom. The zero-order valence-corrected chi connectivity index (χ0v) is 11.8. The van der Waals surface area contributed by atoms with E-state index in [2.05, 4.69) is 9.97 Å². The van der Waals surface area contributed by atoms with E-state index in [4.69, 9.17) is 23.2 Å². The van der Waals surface area contributed by atoms with E-state index in [9.17, 15) is 8.42 Å². The van der Waals surface area contributed by atoms with Crippen molar-refractivity contribution in [3.05, 3.63) is 57.9 Å². The van der Waals surface area contributed by atoms with Crippen LogP contribution in [0.5, 0.6) is 0 Å². The highest BCUT2D eigenvalue weighted by Crippen LogP contribution is 2.22. The van der Waals surface area contributed by atoms with E-state index in [-0.39, 0.29) is 15.2 Å². The van der Waals surface area contributed by atoms with Gasteiger partial charge in [-0.3, -0.25) is 0 Å². The molecule has 0 spiro atoms. The summed E-state index contributed by atoms with van der Waals surface area (Å²) in [6, 6.07) is 7.77. The van der Waals surface area contributed by atoms with Crippen molar-refractivity contribution in [2.45, 2.75) is 4.90 Å². The maximum atomic E-state index is 12.1. The highest BCUT2D eigenvalue weighted by atomic mass is 35.5. The summed E-state index contributed by atoms with van der Waals surface area (Å²) >= 11 is 11.5. The van der Waals surface area contributed by atoms with Crippen molar-refractivity contribution >= 4 is 39.1 Å². The minimum Gasteiger partial charge on any atom is -0.226 e. The van der Waals surface area contributed by atoms with Crippen LogP contribution in [0, 0.1) is 0 Å². The van der Waals surface area contributed by atoms with Crippen LogP contribution in [0.4, 0.5) is 0 Å². The third-order valence-corrected chi connectivity index (χ3v) is 4.30. The Hall–Kier alpha value is -1.43. The lowest BCUT2D eigenvalue weighted by molar-refractivity contribution is 0.605. The minimum atomic E-state index is -3.62. The molecule has 0 aliphatic rings. The van der Waals surface area contributed by atoms with E-state index >= 15 is 0 Å². The average Bonchev–Trinajstić information content (AvgIpc) is 2.37. The van der Waals surface area contributed by atoms with Crippen molar-refractivity contribution in [3.63, 3.8) is 0 Å². The molecule has 1 aromatic heterocycles. The van der Waals surface area contributed by atoms with Gasteiger partial charge >= 0.3 is 0 Å². The fourth-order valence-corrected chi connectivity index (χ4v) is 3.03. The van der Waals surface area contributed by atoms with Gasteiger partial charge in [0.15, 0.2) is 0 Å². The number of rotatable bonds is 3. The third-order valence-electron chi connectivity index (χ3n) is 2.21. The number of halogens is 2. The number of nitrogens with zero attached hydrogens (tertiary/aromatic N) is 2. The van der Waals surface area contributed by atoms with Crippen LogP contribution in [0.2, 0.25) is 10.3 Å². The van der Waals surface area contributed by atoms with Crippen molar-refractivity contribution in [2.75, 3.05) is 0 Å². The smallest absolute Gasteiger partial charge is 0.222 e. The molecule has 0 N–H and O–H groups in total. The molecule has 1 heterocycles.